The van der Waals surface area contributed by atoms with Gasteiger partial charge in [-0.15, -0.1) is 0 Å². The quantitative estimate of drug-likeness (QED) is 0.907. The summed E-state index contributed by atoms with van der Waals surface area (Å²) in [6, 6.07) is 11.6. The summed E-state index contributed by atoms with van der Waals surface area (Å²) in [5, 5.41) is 13.5. The van der Waals surface area contributed by atoms with Crippen LogP contribution in [0, 0.1) is 19.8 Å². The van der Waals surface area contributed by atoms with E-state index < -0.39 is 11.9 Å². The van der Waals surface area contributed by atoms with E-state index in [4.69, 9.17) is 0 Å². The van der Waals surface area contributed by atoms with E-state index in [1.165, 1.54) is 24.3 Å². The van der Waals surface area contributed by atoms with Crippen molar-refractivity contribution < 1.29 is 19.5 Å². The molecule has 1 heterocycles. The first kappa shape index (κ1) is 17.7. The molecule has 1 aliphatic rings. The number of rotatable bonds is 4. The molecular weight excluding hydrogens is 332 g/mol. The van der Waals surface area contributed by atoms with E-state index >= 15 is 0 Å². The maximum Gasteiger partial charge on any atom is 0.229 e. The molecule has 3 rings (SSSR count). The van der Waals surface area contributed by atoms with E-state index in [2.05, 4.69) is 5.32 Å². The van der Waals surface area contributed by atoms with Gasteiger partial charge < -0.3 is 20.1 Å². The molecule has 0 bridgehead atoms. The molecule has 0 radical (unpaired) electrons. The molecular formula is C20H19N2O4-. The Morgan fingerprint density at radius 1 is 1.12 bits per heavy atom. The monoisotopic (exact) mass is 351 g/mol. The Hall–Kier alpha value is -3.15. The Morgan fingerprint density at radius 2 is 1.81 bits per heavy atom. The van der Waals surface area contributed by atoms with Crippen LogP contribution in [0.25, 0.3) is 0 Å². The van der Waals surface area contributed by atoms with Gasteiger partial charge in [0, 0.05) is 24.3 Å². The molecule has 26 heavy (non-hydrogen) atoms. The van der Waals surface area contributed by atoms with Crippen LogP contribution in [-0.4, -0.2) is 24.3 Å². The highest BCUT2D eigenvalue weighted by Gasteiger charge is 2.35. The zero-order valence-electron chi connectivity index (χ0n) is 14.6. The van der Waals surface area contributed by atoms with Gasteiger partial charge in [-0.05, 0) is 48.7 Å². The van der Waals surface area contributed by atoms with Gasteiger partial charge in [-0.2, -0.15) is 0 Å². The molecule has 0 unspecified atom stereocenters. The minimum atomic E-state index is -1.27. The number of hydrogen-bond donors (Lipinski definition) is 1. The molecule has 1 aliphatic heterocycles. The van der Waals surface area contributed by atoms with Crippen LogP contribution < -0.4 is 15.3 Å². The number of benzene rings is 2. The molecule has 1 saturated heterocycles. The number of nitrogens with zero attached hydrogens (tertiary/aromatic N) is 1. The van der Waals surface area contributed by atoms with Crippen molar-refractivity contribution in [2.24, 2.45) is 5.92 Å². The Labute approximate surface area is 151 Å². The number of nitrogens with one attached hydrogen (secondary N) is 1. The van der Waals surface area contributed by atoms with Crippen LogP contribution in [-0.2, 0) is 9.59 Å². The molecule has 6 heteroatoms. The van der Waals surface area contributed by atoms with Crippen molar-refractivity contribution in [3.8, 4) is 0 Å². The Kier molecular flexibility index (Phi) is 4.75. The number of anilines is 2. The fraction of sp³-hybridized carbons (Fsp3) is 0.250. The molecule has 134 valence electrons. The van der Waals surface area contributed by atoms with E-state index in [9.17, 15) is 19.5 Å². The first-order chi connectivity index (χ1) is 12.3. The molecule has 2 aromatic carbocycles. The van der Waals surface area contributed by atoms with Gasteiger partial charge in [0.05, 0.1) is 11.9 Å². The van der Waals surface area contributed by atoms with E-state index in [1.54, 1.807) is 4.90 Å². The lowest BCUT2D eigenvalue weighted by molar-refractivity contribution is -0.255. The summed E-state index contributed by atoms with van der Waals surface area (Å²) in [5.74, 6) is -2.06. The zero-order valence-corrected chi connectivity index (χ0v) is 14.6. The average Bonchev–Trinajstić information content (AvgIpc) is 2.99. The van der Waals surface area contributed by atoms with E-state index in [0.29, 0.717) is 12.2 Å². The van der Waals surface area contributed by atoms with Gasteiger partial charge in [0.1, 0.15) is 0 Å². The SMILES string of the molecule is Cc1ccc(C)c(N2C[C@H](C(=O)Nc3ccc(C(=O)[O-])cc3)CC2=O)c1. The summed E-state index contributed by atoms with van der Waals surface area (Å²) in [6.45, 7) is 4.23. The lowest BCUT2D eigenvalue weighted by Crippen LogP contribution is -2.28. The van der Waals surface area contributed by atoms with Crippen molar-refractivity contribution in [1.29, 1.82) is 0 Å². The first-order valence-corrected chi connectivity index (χ1v) is 8.35. The standard InChI is InChI=1S/C20H20N2O4/c1-12-3-4-13(2)17(9-12)22-11-15(10-18(22)23)19(24)21-16-7-5-14(6-8-16)20(25)26/h3-9,15H,10-11H2,1-2H3,(H,21,24)(H,25,26)/p-1/t15-/m1/s1. The summed E-state index contributed by atoms with van der Waals surface area (Å²) in [6.07, 6.45) is 0.149. The highest BCUT2D eigenvalue weighted by atomic mass is 16.4. The van der Waals surface area contributed by atoms with E-state index in [1.807, 2.05) is 32.0 Å². The third-order valence-corrected chi connectivity index (χ3v) is 4.54. The molecule has 0 spiro atoms. The predicted octanol–water partition coefficient (Wildman–Crippen LogP) is 1.66. The zero-order chi connectivity index (χ0) is 18.8. The summed E-state index contributed by atoms with van der Waals surface area (Å²) >= 11 is 0. The minimum Gasteiger partial charge on any atom is -0.545 e. The maximum absolute atomic E-state index is 12.5. The second kappa shape index (κ2) is 7.00. The van der Waals surface area contributed by atoms with E-state index in [0.717, 1.165) is 16.8 Å². The largest absolute Gasteiger partial charge is 0.545 e. The average molecular weight is 351 g/mol. The van der Waals surface area contributed by atoms with Gasteiger partial charge in [0.15, 0.2) is 0 Å². The summed E-state index contributed by atoms with van der Waals surface area (Å²) in [4.78, 5) is 37.3. The van der Waals surface area contributed by atoms with Gasteiger partial charge in [0.2, 0.25) is 11.8 Å². The Bertz CT molecular complexity index is 874. The van der Waals surface area contributed by atoms with Gasteiger partial charge in [-0.1, -0.05) is 24.3 Å². The number of carbonyl (C=O) groups is 3. The normalized spacial score (nSPS) is 16.6. The van der Waals surface area contributed by atoms with Crippen LogP contribution in [0.15, 0.2) is 42.5 Å². The second-order valence-electron chi connectivity index (χ2n) is 6.55. The smallest absolute Gasteiger partial charge is 0.229 e. The molecule has 0 aromatic heterocycles. The minimum absolute atomic E-state index is 0.0418. The highest BCUT2D eigenvalue weighted by Crippen LogP contribution is 2.29. The van der Waals surface area contributed by atoms with Gasteiger partial charge >= 0.3 is 0 Å². The number of carboxylic acid groups (broad SMARTS) is 1. The van der Waals surface area contributed by atoms with Crippen LogP contribution >= 0.6 is 0 Å². The van der Waals surface area contributed by atoms with Crippen LogP contribution in [0.1, 0.15) is 27.9 Å². The number of hydrogen-bond acceptors (Lipinski definition) is 4. The van der Waals surface area contributed by atoms with Crippen molar-refractivity contribution in [3.63, 3.8) is 0 Å². The van der Waals surface area contributed by atoms with Crippen LogP contribution in [0.5, 0.6) is 0 Å². The van der Waals surface area contributed by atoms with Crippen LogP contribution in [0.3, 0.4) is 0 Å². The molecule has 1 atom stereocenters. The lowest BCUT2D eigenvalue weighted by atomic mass is 10.1. The van der Waals surface area contributed by atoms with Crippen molar-refractivity contribution in [2.75, 3.05) is 16.8 Å². The van der Waals surface area contributed by atoms with Crippen molar-refractivity contribution in [2.45, 2.75) is 20.3 Å². The maximum atomic E-state index is 12.5. The van der Waals surface area contributed by atoms with Crippen molar-refractivity contribution in [1.82, 2.24) is 0 Å². The molecule has 1 fully saturated rings. The first-order valence-electron chi connectivity index (χ1n) is 8.35. The number of carboxylic acids is 1. The Morgan fingerprint density at radius 3 is 2.46 bits per heavy atom. The molecule has 0 saturated carbocycles. The third-order valence-electron chi connectivity index (χ3n) is 4.54. The number of aryl methyl sites for hydroxylation is 2. The number of aromatic carboxylic acids is 1. The summed E-state index contributed by atoms with van der Waals surface area (Å²) in [7, 11) is 0. The summed E-state index contributed by atoms with van der Waals surface area (Å²) in [5.41, 5.74) is 3.41. The highest BCUT2D eigenvalue weighted by molar-refractivity contribution is 6.04. The summed E-state index contributed by atoms with van der Waals surface area (Å²) < 4.78 is 0. The van der Waals surface area contributed by atoms with Crippen molar-refractivity contribution in [3.05, 3.63) is 59.2 Å². The predicted molar refractivity (Wildman–Crippen MR) is 95.8 cm³/mol. The third kappa shape index (κ3) is 3.59. The molecule has 2 amide bonds. The van der Waals surface area contributed by atoms with Gasteiger partial charge in [0.25, 0.3) is 0 Å². The van der Waals surface area contributed by atoms with E-state index in [-0.39, 0.29) is 23.8 Å². The molecule has 0 aliphatic carbocycles. The molecule has 6 nitrogen and oxygen atoms in total. The van der Waals surface area contributed by atoms with Crippen LogP contribution in [0.4, 0.5) is 11.4 Å². The van der Waals surface area contributed by atoms with Crippen LogP contribution in [0.2, 0.25) is 0 Å². The van der Waals surface area contributed by atoms with Crippen molar-refractivity contribution >= 4 is 29.2 Å². The van der Waals surface area contributed by atoms with Gasteiger partial charge in [-0.25, -0.2) is 0 Å². The number of carbonyl (C=O) groups excluding carboxylic acids is 3. The number of amides is 2. The lowest BCUT2D eigenvalue weighted by Gasteiger charge is -2.19. The molecule has 1 N–H and O–H groups in total. The molecule has 2 aromatic rings. The Balaban J connectivity index is 1.70. The van der Waals surface area contributed by atoms with Gasteiger partial charge in [-0.3, -0.25) is 9.59 Å². The second-order valence-corrected chi connectivity index (χ2v) is 6.55. The fourth-order valence-electron chi connectivity index (χ4n) is 3.06. The topological polar surface area (TPSA) is 89.5 Å². The fourth-order valence-corrected chi connectivity index (χ4v) is 3.06.